The average Bonchev–Trinajstić information content (AvgIpc) is 2.86. The molecule has 2 unspecified atom stereocenters. The van der Waals surface area contributed by atoms with E-state index in [1.807, 2.05) is 12.1 Å². The van der Waals surface area contributed by atoms with Crippen molar-refractivity contribution in [2.75, 3.05) is 12.4 Å². The molecule has 1 aromatic carbocycles. The van der Waals surface area contributed by atoms with Gasteiger partial charge in [-0.1, -0.05) is 19.8 Å². The number of ether oxygens (including phenoxy) is 1. The van der Waals surface area contributed by atoms with Crippen molar-refractivity contribution in [3.05, 3.63) is 23.8 Å². The van der Waals surface area contributed by atoms with Gasteiger partial charge in [0, 0.05) is 12.1 Å². The second-order valence-corrected chi connectivity index (χ2v) is 4.88. The molecule has 96 valence electrons. The highest BCUT2D eigenvalue weighted by Crippen LogP contribution is 2.33. The smallest absolute Gasteiger partial charge is 0.143 e. The van der Waals surface area contributed by atoms with Crippen LogP contribution in [-0.2, 0) is 0 Å². The summed E-state index contributed by atoms with van der Waals surface area (Å²) < 4.78 is 5.35. The molecule has 0 spiro atoms. The van der Waals surface area contributed by atoms with Crippen LogP contribution in [-0.4, -0.2) is 13.2 Å². The second-order valence-electron chi connectivity index (χ2n) is 4.88. The largest absolute Gasteiger partial charge is 0.495 e. The minimum atomic E-state index is 0.539. The molecule has 1 aromatic rings. The third-order valence-corrected chi connectivity index (χ3v) is 3.85. The van der Waals surface area contributed by atoms with Crippen molar-refractivity contribution in [1.82, 2.24) is 0 Å². The van der Waals surface area contributed by atoms with E-state index in [2.05, 4.69) is 18.3 Å². The molecule has 1 N–H and O–H groups in total. The lowest BCUT2D eigenvalue weighted by molar-refractivity contribution is 0.414. The van der Waals surface area contributed by atoms with Crippen LogP contribution in [0.2, 0.25) is 0 Å². The fraction of sp³-hybridized carbons (Fsp3) is 0.533. The van der Waals surface area contributed by atoms with E-state index in [1.54, 1.807) is 13.2 Å². The summed E-state index contributed by atoms with van der Waals surface area (Å²) in [4.78, 5) is 0. The number of benzene rings is 1. The maximum atomic E-state index is 8.89. The fourth-order valence-corrected chi connectivity index (χ4v) is 2.80. The zero-order chi connectivity index (χ0) is 13.0. The standard InChI is InChI=1S/C15H20N2O/c1-3-12-5-4-6-13(12)17-14-8-7-11(10-16)9-15(14)18-2/h7-9,12-13,17H,3-6H2,1-2H3. The van der Waals surface area contributed by atoms with Crippen LogP contribution < -0.4 is 10.1 Å². The zero-order valence-electron chi connectivity index (χ0n) is 11.1. The minimum absolute atomic E-state index is 0.539. The first-order valence-electron chi connectivity index (χ1n) is 6.63. The number of methoxy groups -OCH3 is 1. The summed E-state index contributed by atoms with van der Waals surface area (Å²) in [6, 6.07) is 8.24. The Labute approximate surface area is 109 Å². The number of hydrogen-bond acceptors (Lipinski definition) is 3. The van der Waals surface area contributed by atoms with Crippen LogP contribution in [0, 0.1) is 17.2 Å². The maximum absolute atomic E-state index is 8.89. The lowest BCUT2D eigenvalue weighted by Gasteiger charge is -2.22. The van der Waals surface area contributed by atoms with Crippen molar-refractivity contribution in [2.24, 2.45) is 5.92 Å². The molecule has 1 saturated carbocycles. The molecule has 3 nitrogen and oxygen atoms in total. The Hall–Kier alpha value is -1.69. The van der Waals surface area contributed by atoms with Crippen LogP contribution in [0.3, 0.4) is 0 Å². The highest BCUT2D eigenvalue weighted by molar-refractivity contribution is 5.60. The monoisotopic (exact) mass is 244 g/mol. The van der Waals surface area contributed by atoms with Crippen molar-refractivity contribution in [2.45, 2.75) is 38.6 Å². The average molecular weight is 244 g/mol. The van der Waals surface area contributed by atoms with Crippen molar-refractivity contribution >= 4 is 5.69 Å². The molecule has 0 aliphatic heterocycles. The summed E-state index contributed by atoms with van der Waals surface area (Å²) >= 11 is 0. The predicted octanol–water partition coefficient (Wildman–Crippen LogP) is 3.56. The summed E-state index contributed by atoms with van der Waals surface area (Å²) in [6.45, 7) is 2.25. The summed E-state index contributed by atoms with van der Waals surface area (Å²) in [5.74, 6) is 1.51. The molecule has 1 fully saturated rings. The Balaban J connectivity index is 2.16. The van der Waals surface area contributed by atoms with Gasteiger partial charge in [-0.25, -0.2) is 0 Å². The van der Waals surface area contributed by atoms with Gasteiger partial charge in [-0.2, -0.15) is 5.26 Å². The SMILES string of the molecule is CCC1CCCC1Nc1ccc(C#N)cc1OC. The van der Waals surface area contributed by atoms with Crippen LogP contribution in [0.25, 0.3) is 0 Å². The molecule has 2 atom stereocenters. The lowest BCUT2D eigenvalue weighted by atomic mass is 10.0. The van der Waals surface area contributed by atoms with Gasteiger partial charge in [0.15, 0.2) is 0 Å². The van der Waals surface area contributed by atoms with Crippen LogP contribution in [0.1, 0.15) is 38.2 Å². The minimum Gasteiger partial charge on any atom is -0.495 e. The quantitative estimate of drug-likeness (QED) is 0.880. The fourth-order valence-electron chi connectivity index (χ4n) is 2.80. The number of nitrogens with zero attached hydrogens (tertiary/aromatic N) is 1. The number of hydrogen-bond donors (Lipinski definition) is 1. The topological polar surface area (TPSA) is 45.0 Å². The molecule has 3 heteroatoms. The summed E-state index contributed by atoms with van der Waals surface area (Å²) in [7, 11) is 1.65. The van der Waals surface area contributed by atoms with Crippen LogP contribution in [0.15, 0.2) is 18.2 Å². The third-order valence-electron chi connectivity index (χ3n) is 3.85. The number of anilines is 1. The van der Waals surface area contributed by atoms with Crippen LogP contribution >= 0.6 is 0 Å². The molecular formula is C15H20N2O. The molecule has 18 heavy (non-hydrogen) atoms. The zero-order valence-corrected chi connectivity index (χ0v) is 11.1. The summed E-state index contributed by atoms with van der Waals surface area (Å²) in [5, 5.41) is 12.5. The van der Waals surface area contributed by atoms with E-state index in [1.165, 1.54) is 25.7 Å². The van der Waals surface area contributed by atoms with Crippen molar-refractivity contribution in [1.29, 1.82) is 5.26 Å². The van der Waals surface area contributed by atoms with E-state index in [9.17, 15) is 0 Å². The van der Waals surface area contributed by atoms with E-state index in [0.29, 0.717) is 11.6 Å². The summed E-state index contributed by atoms with van der Waals surface area (Å²) in [6.07, 6.45) is 5.06. The molecule has 0 amide bonds. The first-order chi connectivity index (χ1) is 8.78. The Morgan fingerprint density at radius 2 is 2.28 bits per heavy atom. The molecule has 0 bridgehead atoms. The lowest BCUT2D eigenvalue weighted by Crippen LogP contribution is -2.23. The Kier molecular flexibility index (Phi) is 4.09. The van der Waals surface area contributed by atoms with Crippen LogP contribution in [0.4, 0.5) is 5.69 Å². The Morgan fingerprint density at radius 3 is 2.94 bits per heavy atom. The normalized spacial score (nSPS) is 22.5. The first-order valence-corrected chi connectivity index (χ1v) is 6.63. The van der Waals surface area contributed by atoms with Gasteiger partial charge in [-0.05, 0) is 30.9 Å². The van der Waals surface area contributed by atoms with Crippen molar-refractivity contribution < 1.29 is 4.74 Å². The molecular weight excluding hydrogens is 224 g/mol. The van der Waals surface area contributed by atoms with Gasteiger partial charge in [-0.15, -0.1) is 0 Å². The van der Waals surface area contributed by atoms with Crippen molar-refractivity contribution in [3.63, 3.8) is 0 Å². The molecule has 1 aliphatic rings. The first kappa shape index (κ1) is 12.8. The van der Waals surface area contributed by atoms with E-state index in [-0.39, 0.29) is 0 Å². The van der Waals surface area contributed by atoms with Gasteiger partial charge in [0.05, 0.1) is 24.4 Å². The highest BCUT2D eigenvalue weighted by atomic mass is 16.5. The third kappa shape index (κ3) is 2.59. The van der Waals surface area contributed by atoms with Gasteiger partial charge >= 0.3 is 0 Å². The molecule has 0 radical (unpaired) electrons. The molecule has 0 aromatic heterocycles. The van der Waals surface area contributed by atoms with Gasteiger partial charge in [-0.3, -0.25) is 0 Å². The van der Waals surface area contributed by atoms with E-state index in [4.69, 9.17) is 10.00 Å². The van der Waals surface area contributed by atoms with Crippen molar-refractivity contribution in [3.8, 4) is 11.8 Å². The van der Waals surface area contributed by atoms with Gasteiger partial charge in [0.25, 0.3) is 0 Å². The van der Waals surface area contributed by atoms with E-state index in [0.717, 1.165) is 17.4 Å². The molecule has 0 saturated heterocycles. The highest BCUT2D eigenvalue weighted by Gasteiger charge is 2.26. The maximum Gasteiger partial charge on any atom is 0.143 e. The predicted molar refractivity (Wildman–Crippen MR) is 72.8 cm³/mol. The van der Waals surface area contributed by atoms with Gasteiger partial charge in [0.2, 0.25) is 0 Å². The second kappa shape index (κ2) is 5.77. The van der Waals surface area contributed by atoms with Gasteiger partial charge in [0.1, 0.15) is 5.75 Å². The summed E-state index contributed by atoms with van der Waals surface area (Å²) in [5.41, 5.74) is 1.64. The molecule has 2 rings (SSSR count). The van der Waals surface area contributed by atoms with Gasteiger partial charge < -0.3 is 10.1 Å². The molecule has 0 heterocycles. The van der Waals surface area contributed by atoms with E-state index < -0.39 is 0 Å². The number of nitriles is 1. The van der Waals surface area contributed by atoms with E-state index >= 15 is 0 Å². The van der Waals surface area contributed by atoms with Crippen LogP contribution in [0.5, 0.6) is 5.75 Å². The number of nitrogens with one attached hydrogen (secondary N) is 1. The number of rotatable bonds is 4. The Morgan fingerprint density at radius 1 is 1.44 bits per heavy atom. The Bertz CT molecular complexity index is 450. The molecule has 1 aliphatic carbocycles.